The highest BCUT2D eigenvalue weighted by Gasteiger charge is 2.45. The molecule has 2 nitrogen and oxygen atoms in total. The monoisotopic (exact) mass is 897 g/mol. The molecule has 0 saturated heterocycles. The Morgan fingerprint density at radius 3 is 0.971 bits per heavy atom. The average Bonchev–Trinajstić information content (AvgIpc) is 3.31. The van der Waals surface area contributed by atoms with Crippen molar-refractivity contribution in [2.24, 2.45) is 0 Å². The van der Waals surface area contributed by atoms with Crippen LogP contribution in [0.3, 0.4) is 0 Å². The maximum atomic E-state index is 2.64. The van der Waals surface area contributed by atoms with E-state index in [1.165, 1.54) is 117 Å². The standard InChI is InChI=1S/C66H65BN2/c1-63(2,3)50-36-51(64(4,5)6)39-54(38-50)68-58-32-47-24-18-16-22-45(47)30-56(58)67-57-31-46-23-17-19-25-48(46)33-59(57)69(55-40-52(65(7,8)9)37-53(41-55)66(10,11)12)61-35-49(34-60(68)62(61)67)44-28-26-43(27-29-44)42-20-14-13-15-21-42/h13-41H,1-12H3. The molecular weight excluding hydrogens is 832 g/mol. The van der Waals surface area contributed by atoms with Gasteiger partial charge in [-0.2, -0.15) is 0 Å². The largest absolute Gasteiger partial charge is 0.311 e. The lowest BCUT2D eigenvalue weighted by atomic mass is 9.33. The molecule has 3 heteroatoms. The van der Waals surface area contributed by atoms with Gasteiger partial charge in [-0.05, 0) is 153 Å². The Kier molecular flexibility index (Phi) is 10.3. The number of fused-ring (bicyclic) bond motifs is 6. The molecule has 69 heavy (non-hydrogen) atoms. The van der Waals surface area contributed by atoms with Gasteiger partial charge in [0.25, 0.3) is 6.71 Å². The maximum absolute atomic E-state index is 2.64. The second-order valence-corrected chi connectivity index (χ2v) is 24.0. The van der Waals surface area contributed by atoms with Crippen LogP contribution in [-0.4, -0.2) is 6.71 Å². The van der Waals surface area contributed by atoms with E-state index in [0.717, 1.165) is 0 Å². The van der Waals surface area contributed by atoms with Crippen molar-refractivity contribution in [1.29, 1.82) is 0 Å². The second-order valence-electron chi connectivity index (χ2n) is 24.0. The summed E-state index contributed by atoms with van der Waals surface area (Å²) in [7, 11) is 0. The van der Waals surface area contributed by atoms with Gasteiger partial charge in [-0.15, -0.1) is 0 Å². The summed E-state index contributed by atoms with van der Waals surface area (Å²) in [5.41, 5.74) is 21.2. The van der Waals surface area contributed by atoms with Crippen LogP contribution in [0.15, 0.2) is 176 Å². The number of hydrogen-bond donors (Lipinski definition) is 0. The first-order valence-electron chi connectivity index (χ1n) is 25.0. The minimum atomic E-state index is -0.0675. The van der Waals surface area contributed by atoms with Crippen LogP contribution in [0.4, 0.5) is 34.1 Å². The highest BCUT2D eigenvalue weighted by Crippen LogP contribution is 2.49. The predicted octanol–water partition coefficient (Wildman–Crippen LogP) is 16.6. The molecule has 0 radical (unpaired) electrons. The van der Waals surface area contributed by atoms with Gasteiger partial charge in [-0.25, -0.2) is 0 Å². The number of rotatable bonds is 4. The van der Waals surface area contributed by atoms with Gasteiger partial charge in [-0.1, -0.05) is 210 Å². The first-order valence-corrected chi connectivity index (χ1v) is 25.0. The molecule has 0 unspecified atom stereocenters. The number of hydrogen-bond acceptors (Lipinski definition) is 2. The van der Waals surface area contributed by atoms with Gasteiger partial charge >= 0.3 is 0 Å². The van der Waals surface area contributed by atoms with Gasteiger partial charge < -0.3 is 9.80 Å². The fourth-order valence-corrected chi connectivity index (χ4v) is 10.8. The number of anilines is 6. The minimum absolute atomic E-state index is 0.0306. The molecule has 0 amide bonds. The Hall–Kier alpha value is -6.84. The maximum Gasteiger partial charge on any atom is 0.252 e. The van der Waals surface area contributed by atoms with Gasteiger partial charge in [0.05, 0.1) is 0 Å². The fraction of sp³-hybridized carbons (Fsp3) is 0.242. The van der Waals surface area contributed by atoms with Gasteiger partial charge in [0.15, 0.2) is 0 Å². The van der Waals surface area contributed by atoms with Gasteiger partial charge in [0.1, 0.15) is 0 Å². The Balaban J connectivity index is 1.30. The molecule has 0 atom stereocenters. The molecule has 9 aromatic rings. The highest BCUT2D eigenvalue weighted by molar-refractivity contribution is 7.00. The van der Waals surface area contributed by atoms with Crippen molar-refractivity contribution in [2.75, 3.05) is 9.80 Å². The van der Waals surface area contributed by atoms with Crippen molar-refractivity contribution in [3.63, 3.8) is 0 Å². The summed E-state index contributed by atoms with van der Waals surface area (Å²) in [5.74, 6) is 0. The lowest BCUT2D eigenvalue weighted by molar-refractivity contribution is 0.568. The first-order chi connectivity index (χ1) is 32.7. The Morgan fingerprint density at radius 1 is 0.290 bits per heavy atom. The summed E-state index contributed by atoms with van der Waals surface area (Å²) >= 11 is 0. The summed E-state index contributed by atoms with van der Waals surface area (Å²) in [5, 5.41) is 5.00. The third-order valence-corrected chi connectivity index (χ3v) is 14.9. The van der Waals surface area contributed by atoms with E-state index in [0.29, 0.717) is 0 Å². The first kappa shape index (κ1) is 44.7. The summed E-state index contributed by atoms with van der Waals surface area (Å²) in [6, 6.07) is 67.7. The molecule has 9 aromatic carbocycles. The Labute approximate surface area is 411 Å². The normalized spacial score (nSPS) is 13.7. The number of nitrogens with zero attached hydrogens (tertiary/aromatic N) is 2. The Bertz CT molecular complexity index is 3230. The molecule has 2 aliphatic heterocycles. The van der Waals surface area contributed by atoms with E-state index in [4.69, 9.17) is 0 Å². The zero-order chi connectivity index (χ0) is 48.4. The SMILES string of the molecule is CC(C)(C)c1cc(N2c3cc4ccccc4cc3B3c4cc5ccccc5cc4N(c4cc(C(C)(C)C)cc(C(C)(C)C)c4)c4cc(-c5ccc(-c6ccccc6)cc5)cc2c43)cc(C(C)(C)C)c1. The van der Waals surface area contributed by atoms with E-state index in [-0.39, 0.29) is 28.4 Å². The molecule has 0 spiro atoms. The van der Waals surface area contributed by atoms with Crippen molar-refractivity contribution < 1.29 is 0 Å². The highest BCUT2D eigenvalue weighted by atomic mass is 15.2. The zero-order valence-corrected chi connectivity index (χ0v) is 42.7. The van der Waals surface area contributed by atoms with Crippen molar-refractivity contribution in [3.8, 4) is 22.3 Å². The second kappa shape index (κ2) is 15.9. The van der Waals surface area contributed by atoms with Crippen molar-refractivity contribution in [1.82, 2.24) is 0 Å². The molecule has 2 heterocycles. The molecule has 0 bridgehead atoms. The van der Waals surface area contributed by atoms with Crippen LogP contribution in [0, 0.1) is 0 Å². The fourth-order valence-electron chi connectivity index (χ4n) is 10.8. The van der Waals surface area contributed by atoms with Crippen LogP contribution in [0.2, 0.25) is 0 Å². The van der Waals surface area contributed by atoms with Crippen LogP contribution >= 0.6 is 0 Å². The van der Waals surface area contributed by atoms with Crippen LogP contribution in [0.1, 0.15) is 105 Å². The van der Waals surface area contributed by atoms with Gasteiger partial charge in [0.2, 0.25) is 0 Å². The van der Waals surface area contributed by atoms with Crippen molar-refractivity contribution in [3.05, 3.63) is 198 Å². The quantitative estimate of drug-likeness (QED) is 0.162. The minimum Gasteiger partial charge on any atom is -0.311 e. The number of benzene rings is 9. The molecule has 0 N–H and O–H groups in total. The van der Waals surface area contributed by atoms with Gasteiger partial charge in [-0.3, -0.25) is 0 Å². The van der Waals surface area contributed by atoms with E-state index >= 15 is 0 Å². The van der Waals surface area contributed by atoms with Crippen molar-refractivity contribution in [2.45, 2.75) is 105 Å². The summed E-state index contributed by atoms with van der Waals surface area (Å²) in [6.45, 7) is 28.2. The molecule has 0 saturated carbocycles. The summed E-state index contributed by atoms with van der Waals surface area (Å²) < 4.78 is 0. The molecule has 0 aromatic heterocycles. The lowest BCUT2D eigenvalue weighted by Crippen LogP contribution is -2.61. The average molecular weight is 897 g/mol. The van der Waals surface area contributed by atoms with Crippen LogP contribution in [-0.2, 0) is 21.7 Å². The van der Waals surface area contributed by atoms with Crippen molar-refractivity contribution >= 4 is 78.8 Å². The smallest absolute Gasteiger partial charge is 0.252 e. The molecular formula is C66H65BN2. The van der Waals surface area contributed by atoms with E-state index in [2.05, 4.69) is 269 Å². The lowest BCUT2D eigenvalue weighted by Gasteiger charge is -2.45. The summed E-state index contributed by atoms with van der Waals surface area (Å²) in [6.07, 6.45) is 0. The molecule has 0 aliphatic carbocycles. The third kappa shape index (κ3) is 7.85. The van der Waals surface area contributed by atoms with Crippen LogP contribution in [0.25, 0.3) is 43.8 Å². The van der Waals surface area contributed by atoms with E-state index in [1.807, 2.05) is 0 Å². The van der Waals surface area contributed by atoms with E-state index < -0.39 is 0 Å². The van der Waals surface area contributed by atoms with Gasteiger partial charge in [0, 0.05) is 34.1 Å². The topological polar surface area (TPSA) is 6.48 Å². The Morgan fingerprint density at radius 2 is 0.609 bits per heavy atom. The third-order valence-electron chi connectivity index (χ3n) is 14.9. The predicted molar refractivity (Wildman–Crippen MR) is 301 cm³/mol. The van der Waals surface area contributed by atoms with E-state index in [9.17, 15) is 0 Å². The molecule has 0 fully saturated rings. The summed E-state index contributed by atoms with van der Waals surface area (Å²) in [4.78, 5) is 5.28. The van der Waals surface area contributed by atoms with Crippen LogP contribution in [0.5, 0.6) is 0 Å². The zero-order valence-electron chi connectivity index (χ0n) is 42.7. The molecule has 11 rings (SSSR count). The molecule has 2 aliphatic rings. The van der Waals surface area contributed by atoms with E-state index in [1.54, 1.807) is 0 Å². The van der Waals surface area contributed by atoms with Crippen LogP contribution < -0.4 is 26.2 Å². The molecule has 342 valence electrons.